The molecule has 0 aromatic heterocycles. The third kappa shape index (κ3) is 4.02. The zero-order chi connectivity index (χ0) is 22.8. The molecule has 1 aliphatic rings. The quantitative estimate of drug-likeness (QED) is 0.490. The number of halogens is 2. The molecule has 162 valence electrons. The van der Waals surface area contributed by atoms with Gasteiger partial charge in [0, 0.05) is 16.1 Å². The minimum atomic E-state index is -0.507. The topological polar surface area (TPSA) is 67.9 Å². The summed E-state index contributed by atoms with van der Waals surface area (Å²) in [5, 5.41) is 4.11. The number of nitrogens with zero attached hydrogens (tertiary/aromatic N) is 1. The summed E-state index contributed by atoms with van der Waals surface area (Å²) in [6.45, 7) is 0. The molecular weight excluding hydrogens is 451 g/mol. The Hall–Kier alpha value is -3.48. The van der Waals surface area contributed by atoms with Gasteiger partial charge in [-0.25, -0.2) is 4.90 Å². The van der Waals surface area contributed by atoms with Gasteiger partial charge in [-0.1, -0.05) is 35.3 Å². The van der Waals surface area contributed by atoms with Gasteiger partial charge in [-0.2, -0.15) is 0 Å². The van der Waals surface area contributed by atoms with Gasteiger partial charge in [0.25, 0.3) is 11.8 Å². The Morgan fingerprint density at radius 2 is 1.41 bits per heavy atom. The Morgan fingerprint density at radius 3 is 2.00 bits per heavy atom. The Bertz CT molecular complexity index is 1220. The van der Waals surface area contributed by atoms with Crippen molar-refractivity contribution >= 4 is 52.0 Å². The number of carbonyl (C=O) groups is 2. The number of hydrogen-bond acceptors (Lipinski definition) is 5. The molecule has 1 heterocycles. The monoisotopic (exact) mass is 468 g/mol. The van der Waals surface area contributed by atoms with Crippen LogP contribution in [-0.4, -0.2) is 26.0 Å². The molecular formula is C24H18Cl2N2O4. The van der Waals surface area contributed by atoms with Gasteiger partial charge in [-0.05, 0) is 54.1 Å². The standard InChI is InChI=1S/C24H18Cl2N2O4/c1-31-18-11-12-20(32-2)19(13-18)27-22-21(14-3-5-15(25)6-4-14)23(29)28(24(22)30)17-9-7-16(26)8-10-17/h3-13,27H,1-2H3. The first-order chi connectivity index (χ1) is 15.4. The summed E-state index contributed by atoms with van der Waals surface area (Å²) >= 11 is 12.0. The molecule has 0 saturated heterocycles. The van der Waals surface area contributed by atoms with Crippen LogP contribution in [0.15, 0.2) is 72.4 Å². The number of imide groups is 1. The van der Waals surface area contributed by atoms with Gasteiger partial charge in [0.1, 0.15) is 17.2 Å². The molecule has 1 N–H and O–H groups in total. The summed E-state index contributed by atoms with van der Waals surface area (Å²) in [6, 6.07) is 18.3. The molecule has 4 rings (SSSR count). The molecule has 0 unspecified atom stereocenters. The Morgan fingerprint density at radius 1 is 0.781 bits per heavy atom. The number of ether oxygens (including phenoxy) is 2. The van der Waals surface area contributed by atoms with Crippen LogP contribution in [0.2, 0.25) is 10.0 Å². The second kappa shape index (κ2) is 8.94. The average Bonchev–Trinajstić information content (AvgIpc) is 3.04. The van der Waals surface area contributed by atoms with Crippen molar-refractivity contribution in [2.75, 3.05) is 24.4 Å². The number of nitrogens with one attached hydrogen (secondary N) is 1. The minimum Gasteiger partial charge on any atom is -0.497 e. The maximum absolute atomic E-state index is 13.5. The molecule has 0 bridgehead atoms. The van der Waals surface area contributed by atoms with Crippen LogP contribution in [0.4, 0.5) is 11.4 Å². The lowest BCUT2D eigenvalue weighted by Gasteiger charge is -2.16. The molecule has 0 fully saturated rings. The van der Waals surface area contributed by atoms with Crippen molar-refractivity contribution in [3.63, 3.8) is 0 Å². The SMILES string of the molecule is COc1ccc(OC)c(NC2=C(c3ccc(Cl)cc3)C(=O)N(c3ccc(Cl)cc3)C2=O)c1. The van der Waals surface area contributed by atoms with Crippen LogP contribution < -0.4 is 19.7 Å². The molecule has 0 atom stereocenters. The van der Waals surface area contributed by atoms with E-state index in [1.165, 1.54) is 14.2 Å². The molecule has 3 aromatic rings. The number of rotatable bonds is 6. The van der Waals surface area contributed by atoms with Crippen molar-refractivity contribution in [2.45, 2.75) is 0 Å². The van der Waals surface area contributed by atoms with E-state index < -0.39 is 11.8 Å². The average molecular weight is 469 g/mol. The highest BCUT2D eigenvalue weighted by Gasteiger charge is 2.40. The van der Waals surface area contributed by atoms with E-state index in [1.807, 2.05) is 0 Å². The first-order valence-corrected chi connectivity index (χ1v) is 10.3. The molecule has 0 radical (unpaired) electrons. The van der Waals surface area contributed by atoms with Crippen molar-refractivity contribution in [2.24, 2.45) is 0 Å². The third-order valence-electron chi connectivity index (χ3n) is 4.97. The molecule has 2 amide bonds. The lowest BCUT2D eigenvalue weighted by molar-refractivity contribution is -0.120. The first-order valence-electron chi connectivity index (χ1n) is 9.56. The molecule has 8 heteroatoms. The van der Waals surface area contributed by atoms with Gasteiger partial charge in [0.15, 0.2) is 0 Å². The predicted octanol–water partition coefficient (Wildman–Crippen LogP) is 5.41. The lowest BCUT2D eigenvalue weighted by atomic mass is 10.0. The van der Waals surface area contributed by atoms with E-state index in [0.717, 1.165) is 4.90 Å². The van der Waals surface area contributed by atoms with Crippen LogP contribution in [0.3, 0.4) is 0 Å². The smallest absolute Gasteiger partial charge is 0.282 e. The van der Waals surface area contributed by atoms with Crippen LogP contribution in [0.25, 0.3) is 5.57 Å². The maximum Gasteiger partial charge on any atom is 0.282 e. The third-order valence-corrected chi connectivity index (χ3v) is 5.47. The number of benzene rings is 3. The van der Waals surface area contributed by atoms with E-state index in [2.05, 4.69) is 5.32 Å². The van der Waals surface area contributed by atoms with Crippen molar-refractivity contribution in [1.82, 2.24) is 0 Å². The van der Waals surface area contributed by atoms with Crippen molar-refractivity contribution in [3.05, 3.63) is 88.0 Å². The van der Waals surface area contributed by atoms with Gasteiger partial charge in [-0.3, -0.25) is 9.59 Å². The highest BCUT2D eigenvalue weighted by atomic mass is 35.5. The molecule has 3 aromatic carbocycles. The molecule has 1 aliphatic heterocycles. The van der Waals surface area contributed by atoms with E-state index in [4.69, 9.17) is 32.7 Å². The molecule has 32 heavy (non-hydrogen) atoms. The van der Waals surface area contributed by atoms with Crippen LogP contribution in [0.5, 0.6) is 11.5 Å². The second-order valence-corrected chi connectivity index (χ2v) is 7.74. The van der Waals surface area contributed by atoms with Gasteiger partial charge < -0.3 is 14.8 Å². The van der Waals surface area contributed by atoms with Crippen LogP contribution in [0, 0.1) is 0 Å². The highest BCUT2D eigenvalue weighted by molar-refractivity contribution is 6.46. The van der Waals surface area contributed by atoms with Crippen LogP contribution in [0.1, 0.15) is 5.56 Å². The zero-order valence-electron chi connectivity index (χ0n) is 17.2. The number of methoxy groups -OCH3 is 2. The summed E-state index contributed by atoms with van der Waals surface area (Å²) in [6.07, 6.45) is 0. The normalized spacial score (nSPS) is 13.6. The summed E-state index contributed by atoms with van der Waals surface area (Å²) in [5.74, 6) is 0.0726. The largest absolute Gasteiger partial charge is 0.497 e. The van der Waals surface area contributed by atoms with Gasteiger partial charge >= 0.3 is 0 Å². The Balaban J connectivity index is 1.84. The molecule has 0 aliphatic carbocycles. The predicted molar refractivity (Wildman–Crippen MR) is 125 cm³/mol. The fraction of sp³-hybridized carbons (Fsp3) is 0.0833. The lowest BCUT2D eigenvalue weighted by Crippen LogP contribution is -2.32. The number of anilines is 2. The van der Waals surface area contributed by atoms with Crippen molar-refractivity contribution < 1.29 is 19.1 Å². The van der Waals surface area contributed by atoms with Gasteiger partial charge in [-0.15, -0.1) is 0 Å². The number of hydrogen-bond donors (Lipinski definition) is 1. The highest BCUT2D eigenvalue weighted by Crippen LogP contribution is 2.37. The number of amides is 2. The van der Waals surface area contributed by atoms with Crippen LogP contribution >= 0.6 is 23.2 Å². The van der Waals surface area contributed by atoms with Gasteiger partial charge in [0.05, 0.1) is 31.2 Å². The summed E-state index contributed by atoms with van der Waals surface area (Å²) in [7, 11) is 3.06. The van der Waals surface area contributed by atoms with E-state index in [-0.39, 0.29) is 11.3 Å². The van der Waals surface area contributed by atoms with Crippen molar-refractivity contribution in [1.29, 1.82) is 0 Å². The number of carbonyl (C=O) groups excluding carboxylic acids is 2. The van der Waals surface area contributed by atoms with Crippen LogP contribution in [-0.2, 0) is 9.59 Å². The summed E-state index contributed by atoms with van der Waals surface area (Å²) in [5.41, 5.74) is 1.76. The Labute approximate surface area is 195 Å². The molecule has 0 spiro atoms. The fourth-order valence-electron chi connectivity index (χ4n) is 3.40. The zero-order valence-corrected chi connectivity index (χ0v) is 18.7. The van der Waals surface area contributed by atoms with Crippen molar-refractivity contribution in [3.8, 4) is 11.5 Å². The van der Waals surface area contributed by atoms with E-state index in [9.17, 15) is 9.59 Å². The van der Waals surface area contributed by atoms with Gasteiger partial charge in [0.2, 0.25) is 0 Å². The maximum atomic E-state index is 13.5. The molecule has 6 nitrogen and oxygen atoms in total. The summed E-state index contributed by atoms with van der Waals surface area (Å²) < 4.78 is 10.7. The Kier molecular flexibility index (Phi) is 6.08. The van der Waals surface area contributed by atoms with E-state index in [1.54, 1.807) is 66.7 Å². The minimum absolute atomic E-state index is 0.110. The summed E-state index contributed by atoms with van der Waals surface area (Å²) in [4.78, 5) is 28.0. The van der Waals surface area contributed by atoms with E-state index >= 15 is 0 Å². The molecule has 0 saturated carbocycles. The first kappa shape index (κ1) is 21.7. The van der Waals surface area contributed by atoms with E-state index in [0.29, 0.717) is 38.5 Å². The fourth-order valence-corrected chi connectivity index (χ4v) is 3.65. The second-order valence-electron chi connectivity index (χ2n) is 6.87.